The molecule has 0 unspecified atom stereocenters. The molecule has 1 aromatic carbocycles. The van der Waals surface area contributed by atoms with Crippen LogP contribution in [0.4, 0.5) is 0 Å². The van der Waals surface area contributed by atoms with Crippen LogP contribution in [0.5, 0.6) is 0 Å². The van der Waals surface area contributed by atoms with Crippen LogP contribution < -0.4 is 5.32 Å². The van der Waals surface area contributed by atoms with E-state index < -0.39 is 5.60 Å². The lowest BCUT2D eigenvalue weighted by Crippen LogP contribution is -2.51. The molecular weight excluding hydrogens is 304 g/mol. The van der Waals surface area contributed by atoms with E-state index in [2.05, 4.69) is 29.3 Å². The molecule has 132 valence electrons. The Bertz CT molecular complexity index is 582. The van der Waals surface area contributed by atoms with Crippen LogP contribution in [0.2, 0.25) is 0 Å². The lowest BCUT2D eigenvalue weighted by molar-refractivity contribution is -0.123. The van der Waals surface area contributed by atoms with E-state index in [1.54, 1.807) is 6.92 Å². The summed E-state index contributed by atoms with van der Waals surface area (Å²) in [6, 6.07) is 8.26. The van der Waals surface area contributed by atoms with Crippen molar-refractivity contribution in [3.8, 4) is 0 Å². The lowest BCUT2D eigenvalue weighted by atomic mass is 10.0. The SMILES string of the molecule is Cc1ccccc1[C@@H]1C[C@@H]1C(=O)NC[C@](C)(O)CN1CCOCC1. The summed E-state index contributed by atoms with van der Waals surface area (Å²) < 4.78 is 5.32. The Morgan fingerprint density at radius 3 is 2.79 bits per heavy atom. The van der Waals surface area contributed by atoms with E-state index in [0.717, 1.165) is 19.5 Å². The van der Waals surface area contributed by atoms with Gasteiger partial charge < -0.3 is 15.2 Å². The Labute approximate surface area is 144 Å². The van der Waals surface area contributed by atoms with Gasteiger partial charge in [0.25, 0.3) is 0 Å². The van der Waals surface area contributed by atoms with E-state index >= 15 is 0 Å². The van der Waals surface area contributed by atoms with Gasteiger partial charge in [0.1, 0.15) is 0 Å². The zero-order valence-corrected chi connectivity index (χ0v) is 14.6. The van der Waals surface area contributed by atoms with Crippen molar-refractivity contribution in [1.29, 1.82) is 0 Å². The highest BCUT2D eigenvalue weighted by atomic mass is 16.5. The van der Waals surface area contributed by atoms with Gasteiger partial charge in [-0.1, -0.05) is 24.3 Å². The summed E-state index contributed by atoms with van der Waals surface area (Å²) in [6.45, 7) is 7.82. The van der Waals surface area contributed by atoms with Crippen LogP contribution in [0.15, 0.2) is 24.3 Å². The topological polar surface area (TPSA) is 61.8 Å². The Kier molecular flexibility index (Phi) is 5.23. The van der Waals surface area contributed by atoms with Gasteiger partial charge in [-0.05, 0) is 37.3 Å². The number of hydrogen-bond acceptors (Lipinski definition) is 4. The number of morpholine rings is 1. The summed E-state index contributed by atoms with van der Waals surface area (Å²) in [6.07, 6.45) is 0.905. The summed E-state index contributed by atoms with van der Waals surface area (Å²) >= 11 is 0. The van der Waals surface area contributed by atoms with Crippen molar-refractivity contribution in [3.63, 3.8) is 0 Å². The number of benzene rings is 1. The van der Waals surface area contributed by atoms with Gasteiger partial charge >= 0.3 is 0 Å². The number of aliphatic hydroxyl groups is 1. The van der Waals surface area contributed by atoms with Crippen molar-refractivity contribution in [2.45, 2.75) is 31.8 Å². The quantitative estimate of drug-likeness (QED) is 0.824. The van der Waals surface area contributed by atoms with Crippen molar-refractivity contribution in [3.05, 3.63) is 35.4 Å². The third kappa shape index (κ3) is 4.35. The first-order chi connectivity index (χ1) is 11.5. The number of nitrogens with one attached hydrogen (secondary N) is 1. The number of amides is 1. The van der Waals surface area contributed by atoms with Crippen molar-refractivity contribution in [1.82, 2.24) is 10.2 Å². The van der Waals surface area contributed by atoms with E-state index in [1.807, 2.05) is 12.1 Å². The highest BCUT2D eigenvalue weighted by Gasteiger charge is 2.44. The predicted molar refractivity (Wildman–Crippen MR) is 92.9 cm³/mol. The van der Waals surface area contributed by atoms with E-state index in [9.17, 15) is 9.90 Å². The number of aryl methyl sites for hydroxylation is 1. The molecule has 5 heteroatoms. The summed E-state index contributed by atoms with van der Waals surface area (Å²) in [5, 5.41) is 13.5. The second-order valence-electron chi connectivity index (χ2n) is 7.41. The summed E-state index contributed by atoms with van der Waals surface area (Å²) in [4.78, 5) is 14.6. The van der Waals surface area contributed by atoms with Crippen LogP contribution in [0, 0.1) is 12.8 Å². The number of ether oxygens (including phenoxy) is 1. The van der Waals surface area contributed by atoms with Gasteiger partial charge in [-0.15, -0.1) is 0 Å². The molecule has 1 heterocycles. The number of carbonyl (C=O) groups is 1. The van der Waals surface area contributed by atoms with E-state index in [0.29, 0.717) is 32.2 Å². The molecule has 0 radical (unpaired) electrons. The number of nitrogens with zero attached hydrogens (tertiary/aromatic N) is 1. The number of β-amino-alcohol motifs (C(OH)–C–C–N with tert-alkyl or cyclic N) is 1. The molecule has 2 fully saturated rings. The highest BCUT2D eigenvalue weighted by Crippen LogP contribution is 2.48. The Morgan fingerprint density at radius 2 is 2.08 bits per heavy atom. The molecule has 2 N–H and O–H groups in total. The predicted octanol–water partition coefficient (Wildman–Crippen LogP) is 1.30. The van der Waals surface area contributed by atoms with Gasteiger partial charge in [0.2, 0.25) is 5.91 Å². The number of hydrogen-bond donors (Lipinski definition) is 2. The maximum Gasteiger partial charge on any atom is 0.223 e. The molecule has 1 aliphatic carbocycles. The van der Waals surface area contributed by atoms with E-state index in [-0.39, 0.29) is 11.8 Å². The standard InChI is InChI=1S/C19H28N2O3/c1-14-5-3-4-6-15(14)16-11-17(16)18(22)20-12-19(2,23)13-21-7-9-24-10-8-21/h3-6,16-17,23H,7-13H2,1-2H3,(H,20,22)/t16-,17-,19-/m0/s1. The maximum absolute atomic E-state index is 12.4. The smallest absolute Gasteiger partial charge is 0.223 e. The molecule has 1 aliphatic heterocycles. The van der Waals surface area contributed by atoms with E-state index in [1.165, 1.54) is 11.1 Å². The molecule has 0 aromatic heterocycles. The monoisotopic (exact) mass is 332 g/mol. The Morgan fingerprint density at radius 1 is 1.38 bits per heavy atom. The Hall–Kier alpha value is -1.43. The summed E-state index contributed by atoms with van der Waals surface area (Å²) in [5.74, 6) is 0.436. The van der Waals surface area contributed by atoms with E-state index in [4.69, 9.17) is 4.74 Å². The first-order valence-electron chi connectivity index (χ1n) is 8.82. The second kappa shape index (κ2) is 7.21. The first-order valence-corrected chi connectivity index (χ1v) is 8.82. The van der Waals surface area contributed by atoms with Crippen molar-refractivity contribution >= 4 is 5.91 Å². The highest BCUT2D eigenvalue weighted by molar-refractivity contribution is 5.83. The van der Waals surface area contributed by atoms with Gasteiger partial charge in [-0.2, -0.15) is 0 Å². The zero-order chi connectivity index (χ0) is 17.2. The lowest BCUT2D eigenvalue weighted by Gasteiger charge is -2.33. The second-order valence-corrected chi connectivity index (χ2v) is 7.41. The molecule has 5 nitrogen and oxygen atoms in total. The molecule has 1 aromatic rings. The largest absolute Gasteiger partial charge is 0.387 e. The molecule has 0 bridgehead atoms. The normalized spacial score (nSPS) is 26.6. The van der Waals surface area contributed by atoms with Crippen LogP contribution in [0.25, 0.3) is 0 Å². The van der Waals surface area contributed by atoms with Crippen molar-refractivity contribution < 1.29 is 14.6 Å². The Balaban J connectivity index is 1.46. The zero-order valence-electron chi connectivity index (χ0n) is 14.6. The van der Waals surface area contributed by atoms with Crippen molar-refractivity contribution in [2.75, 3.05) is 39.4 Å². The van der Waals surface area contributed by atoms with Crippen LogP contribution in [0.1, 0.15) is 30.4 Å². The minimum atomic E-state index is -0.917. The minimum Gasteiger partial charge on any atom is -0.387 e. The molecule has 1 amide bonds. The fraction of sp³-hybridized carbons (Fsp3) is 0.632. The number of carbonyl (C=O) groups excluding carboxylic acids is 1. The molecule has 3 rings (SSSR count). The molecule has 3 atom stereocenters. The third-order valence-electron chi connectivity index (χ3n) is 5.03. The molecule has 24 heavy (non-hydrogen) atoms. The fourth-order valence-corrected chi connectivity index (χ4v) is 3.54. The molecule has 0 spiro atoms. The average Bonchev–Trinajstić information content (AvgIpc) is 3.34. The first kappa shape index (κ1) is 17.4. The minimum absolute atomic E-state index is 0.0466. The van der Waals surface area contributed by atoms with Crippen molar-refractivity contribution in [2.24, 2.45) is 5.92 Å². The van der Waals surface area contributed by atoms with Crippen LogP contribution in [-0.4, -0.2) is 60.9 Å². The molecular formula is C19H28N2O3. The fourth-order valence-electron chi connectivity index (χ4n) is 3.54. The molecule has 2 aliphatic rings. The maximum atomic E-state index is 12.4. The number of rotatable bonds is 6. The van der Waals surface area contributed by atoms with Gasteiger partial charge in [-0.25, -0.2) is 0 Å². The summed E-state index contributed by atoms with van der Waals surface area (Å²) in [5.41, 5.74) is 1.61. The van der Waals surface area contributed by atoms with Gasteiger partial charge in [0.15, 0.2) is 0 Å². The molecule has 1 saturated heterocycles. The third-order valence-corrected chi connectivity index (χ3v) is 5.03. The van der Waals surface area contributed by atoms with Crippen LogP contribution in [-0.2, 0) is 9.53 Å². The van der Waals surface area contributed by atoms with Crippen LogP contribution >= 0.6 is 0 Å². The van der Waals surface area contributed by atoms with Gasteiger partial charge in [-0.3, -0.25) is 9.69 Å². The van der Waals surface area contributed by atoms with Crippen LogP contribution in [0.3, 0.4) is 0 Å². The van der Waals surface area contributed by atoms with Gasteiger partial charge in [0, 0.05) is 32.1 Å². The summed E-state index contributed by atoms with van der Waals surface area (Å²) in [7, 11) is 0. The molecule has 1 saturated carbocycles. The average molecular weight is 332 g/mol. The van der Waals surface area contributed by atoms with Gasteiger partial charge in [0.05, 0.1) is 18.8 Å².